The molecule has 1 heterocycles. The van der Waals surface area contributed by atoms with Crippen molar-refractivity contribution in [3.05, 3.63) is 23.7 Å². The van der Waals surface area contributed by atoms with E-state index in [1.807, 2.05) is 0 Å². The molecule has 1 aromatic rings. The van der Waals surface area contributed by atoms with Gasteiger partial charge in [0.15, 0.2) is 0 Å². The molecule has 1 aliphatic carbocycles. The van der Waals surface area contributed by atoms with Gasteiger partial charge in [0.25, 0.3) is 0 Å². The molecule has 3 unspecified atom stereocenters. The summed E-state index contributed by atoms with van der Waals surface area (Å²) in [6.07, 6.45) is 1.26. The molecule has 1 saturated carbocycles. The van der Waals surface area contributed by atoms with Crippen LogP contribution in [0.15, 0.2) is 16.5 Å². The van der Waals surface area contributed by atoms with E-state index < -0.39 is 0 Å². The van der Waals surface area contributed by atoms with Gasteiger partial charge >= 0.3 is 0 Å². The number of nitrogens with zero attached hydrogens (tertiary/aromatic N) is 1. The lowest BCUT2D eigenvalue weighted by atomic mass is 10.1. The van der Waals surface area contributed by atoms with Gasteiger partial charge in [0, 0.05) is 25.0 Å². The summed E-state index contributed by atoms with van der Waals surface area (Å²) in [6, 6.07) is 4.95. The van der Waals surface area contributed by atoms with Gasteiger partial charge in [-0.2, -0.15) is 0 Å². The van der Waals surface area contributed by atoms with Crippen LogP contribution in [0.3, 0.4) is 0 Å². The Kier molecular flexibility index (Phi) is 4.92. The summed E-state index contributed by atoms with van der Waals surface area (Å²) >= 11 is 0. The van der Waals surface area contributed by atoms with E-state index in [1.54, 1.807) is 0 Å². The summed E-state index contributed by atoms with van der Waals surface area (Å²) in [4.78, 5) is 2.46. The van der Waals surface area contributed by atoms with Crippen LogP contribution in [0.25, 0.3) is 0 Å². The highest BCUT2D eigenvalue weighted by atomic mass is 16.3. The lowest BCUT2D eigenvalue weighted by Crippen LogP contribution is -2.40. The molecule has 1 aliphatic rings. The molecule has 0 saturated heterocycles. The van der Waals surface area contributed by atoms with Gasteiger partial charge in [-0.15, -0.1) is 0 Å². The molecule has 2 rings (SSSR count). The maximum atomic E-state index is 6.12. The lowest BCUT2D eigenvalue weighted by molar-refractivity contribution is 0.122. The molecule has 0 amide bonds. The number of nitrogens with two attached hydrogens (primary N) is 1. The molecule has 3 heteroatoms. The zero-order chi connectivity index (χ0) is 14.9. The molecule has 0 aromatic carbocycles. The third-order valence-corrected chi connectivity index (χ3v) is 4.31. The topological polar surface area (TPSA) is 42.4 Å². The zero-order valence-corrected chi connectivity index (χ0v) is 13.6. The van der Waals surface area contributed by atoms with Gasteiger partial charge in [-0.25, -0.2) is 0 Å². The van der Waals surface area contributed by atoms with Crippen LogP contribution in [0.5, 0.6) is 0 Å². The highest BCUT2D eigenvalue weighted by Gasteiger charge is 2.37. The van der Waals surface area contributed by atoms with Crippen LogP contribution >= 0.6 is 0 Å². The SMILES string of the molecule is CC(C)CN(C(C)C)C(CN)c1ccc(C2CC2C)o1. The Morgan fingerprint density at radius 2 is 1.95 bits per heavy atom. The Labute approximate surface area is 123 Å². The van der Waals surface area contributed by atoms with Crippen molar-refractivity contribution >= 4 is 0 Å². The largest absolute Gasteiger partial charge is 0.464 e. The first-order chi connectivity index (χ1) is 9.43. The van der Waals surface area contributed by atoms with Gasteiger partial charge in [0.2, 0.25) is 0 Å². The Balaban J connectivity index is 2.14. The van der Waals surface area contributed by atoms with Crippen molar-refractivity contribution in [1.82, 2.24) is 4.90 Å². The fraction of sp³-hybridized carbons (Fsp3) is 0.765. The van der Waals surface area contributed by atoms with Crippen molar-refractivity contribution in [2.24, 2.45) is 17.6 Å². The molecule has 3 nitrogen and oxygen atoms in total. The highest BCUT2D eigenvalue weighted by molar-refractivity contribution is 5.19. The molecule has 3 atom stereocenters. The average molecular weight is 278 g/mol. The first-order valence-electron chi connectivity index (χ1n) is 7.99. The van der Waals surface area contributed by atoms with E-state index >= 15 is 0 Å². The second-order valence-corrected chi connectivity index (χ2v) is 7.00. The van der Waals surface area contributed by atoms with Crippen molar-refractivity contribution in [2.75, 3.05) is 13.1 Å². The van der Waals surface area contributed by atoms with Crippen molar-refractivity contribution in [3.63, 3.8) is 0 Å². The minimum absolute atomic E-state index is 0.195. The first-order valence-corrected chi connectivity index (χ1v) is 7.99. The monoisotopic (exact) mass is 278 g/mol. The second kappa shape index (κ2) is 6.31. The maximum Gasteiger partial charge on any atom is 0.122 e. The zero-order valence-electron chi connectivity index (χ0n) is 13.6. The molecule has 0 radical (unpaired) electrons. The van der Waals surface area contributed by atoms with Crippen molar-refractivity contribution < 1.29 is 4.42 Å². The predicted molar refractivity (Wildman–Crippen MR) is 83.7 cm³/mol. The molecular formula is C17H30N2O. The normalized spacial score (nSPS) is 23.9. The summed E-state index contributed by atoms with van der Waals surface area (Å²) in [5.41, 5.74) is 6.05. The van der Waals surface area contributed by atoms with E-state index in [-0.39, 0.29) is 6.04 Å². The standard InChI is InChI=1S/C17H30N2O/c1-11(2)10-19(12(3)4)15(9-18)17-7-6-16(20-17)14-8-13(14)5/h6-7,11-15H,8-10,18H2,1-5H3. The Morgan fingerprint density at radius 1 is 1.30 bits per heavy atom. The fourth-order valence-corrected chi connectivity index (χ4v) is 3.00. The van der Waals surface area contributed by atoms with Crippen molar-refractivity contribution in [3.8, 4) is 0 Å². The smallest absolute Gasteiger partial charge is 0.122 e. The lowest BCUT2D eigenvalue weighted by Gasteiger charge is -2.34. The maximum absolute atomic E-state index is 6.12. The molecule has 114 valence electrons. The van der Waals surface area contributed by atoms with E-state index in [0.29, 0.717) is 24.4 Å². The molecule has 0 spiro atoms. The molecule has 0 bridgehead atoms. The van der Waals surface area contributed by atoms with E-state index in [9.17, 15) is 0 Å². The van der Waals surface area contributed by atoms with E-state index in [1.165, 1.54) is 6.42 Å². The predicted octanol–water partition coefficient (Wildman–Crippen LogP) is 3.77. The van der Waals surface area contributed by atoms with Gasteiger partial charge in [-0.3, -0.25) is 4.90 Å². The highest BCUT2D eigenvalue weighted by Crippen LogP contribution is 2.47. The van der Waals surface area contributed by atoms with Crippen LogP contribution in [0, 0.1) is 11.8 Å². The molecule has 1 fully saturated rings. The van der Waals surface area contributed by atoms with Crippen LogP contribution in [0.2, 0.25) is 0 Å². The number of furan rings is 1. The first kappa shape index (κ1) is 15.6. The Morgan fingerprint density at radius 3 is 2.40 bits per heavy atom. The van der Waals surface area contributed by atoms with Gasteiger partial charge in [0.1, 0.15) is 11.5 Å². The summed E-state index contributed by atoms with van der Waals surface area (Å²) in [5.74, 6) is 4.24. The van der Waals surface area contributed by atoms with Gasteiger partial charge in [-0.1, -0.05) is 20.8 Å². The summed E-state index contributed by atoms with van der Waals surface area (Å²) < 4.78 is 6.12. The molecule has 1 aromatic heterocycles. The summed E-state index contributed by atoms with van der Waals surface area (Å²) in [7, 11) is 0. The van der Waals surface area contributed by atoms with Crippen LogP contribution in [0.1, 0.15) is 64.5 Å². The summed E-state index contributed by atoms with van der Waals surface area (Å²) in [5, 5.41) is 0. The fourth-order valence-electron chi connectivity index (χ4n) is 3.00. The summed E-state index contributed by atoms with van der Waals surface area (Å²) in [6.45, 7) is 12.9. The van der Waals surface area contributed by atoms with E-state index in [2.05, 4.69) is 51.7 Å². The number of rotatable bonds is 7. The number of hydrogen-bond donors (Lipinski definition) is 1. The van der Waals surface area contributed by atoms with Crippen LogP contribution in [-0.2, 0) is 0 Å². The van der Waals surface area contributed by atoms with Crippen LogP contribution in [-0.4, -0.2) is 24.0 Å². The van der Waals surface area contributed by atoms with Gasteiger partial charge in [0.05, 0.1) is 6.04 Å². The Bertz CT molecular complexity index is 424. The van der Waals surface area contributed by atoms with Crippen molar-refractivity contribution in [1.29, 1.82) is 0 Å². The van der Waals surface area contributed by atoms with Gasteiger partial charge < -0.3 is 10.2 Å². The molecular weight excluding hydrogens is 248 g/mol. The van der Waals surface area contributed by atoms with Gasteiger partial charge in [-0.05, 0) is 44.2 Å². The minimum atomic E-state index is 0.195. The average Bonchev–Trinajstić information content (AvgIpc) is 2.90. The quantitative estimate of drug-likeness (QED) is 0.825. The molecule has 20 heavy (non-hydrogen) atoms. The second-order valence-electron chi connectivity index (χ2n) is 7.00. The van der Waals surface area contributed by atoms with E-state index in [4.69, 9.17) is 10.2 Å². The van der Waals surface area contributed by atoms with Crippen molar-refractivity contribution in [2.45, 2.75) is 59.0 Å². The van der Waals surface area contributed by atoms with Crippen LogP contribution < -0.4 is 5.73 Å². The minimum Gasteiger partial charge on any atom is -0.464 e. The molecule has 2 N–H and O–H groups in total. The third kappa shape index (κ3) is 3.44. The van der Waals surface area contributed by atoms with E-state index in [0.717, 1.165) is 24.0 Å². The van der Waals surface area contributed by atoms with Crippen LogP contribution in [0.4, 0.5) is 0 Å². The molecule has 0 aliphatic heterocycles. The third-order valence-electron chi connectivity index (χ3n) is 4.31. The Hall–Kier alpha value is -0.800. The number of hydrogen-bond acceptors (Lipinski definition) is 3.